The molecule has 1 aromatic heterocycles. The number of fused-ring (bicyclic) bond motifs is 3. The van der Waals surface area contributed by atoms with E-state index in [4.69, 9.17) is 4.98 Å². The Morgan fingerprint density at radius 1 is 1.19 bits per heavy atom. The summed E-state index contributed by atoms with van der Waals surface area (Å²) in [6.45, 7) is 6.72. The second-order valence-electron chi connectivity index (χ2n) is 6.75. The van der Waals surface area contributed by atoms with Crippen LogP contribution in [0.4, 0.5) is 5.95 Å². The first-order valence-electron chi connectivity index (χ1n) is 8.17. The van der Waals surface area contributed by atoms with Crippen molar-refractivity contribution in [1.82, 2.24) is 14.5 Å². The van der Waals surface area contributed by atoms with E-state index in [0.29, 0.717) is 6.04 Å². The van der Waals surface area contributed by atoms with Gasteiger partial charge in [0.25, 0.3) is 0 Å². The van der Waals surface area contributed by atoms with Crippen molar-refractivity contribution in [2.24, 2.45) is 11.8 Å². The maximum atomic E-state index is 4.69. The second-order valence-corrected chi connectivity index (χ2v) is 6.75. The summed E-state index contributed by atoms with van der Waals surface area (Å²) in [5.74, 6) is 2.63. The van der Waals surface area contributed by atoms with Crippen molar-refractivity contribution in [2.75, 3.05) is 12.0 Å². The van der Waals surface area contributed by atoms with E-state index in [1.807, 2.05) is 0 Å². The summed E-state index contributed by atoms with van der Waals surface area (Å²) in [5.41, 5.74) is 2.33. The average Bonchev–Trinajstić information content (AvgIpc) is 2.88. The number of benzene rings is 1. The van der Waals surface area contributed by atoms with Gasteiger partial charge in [0, 0.05) is 6.04 Å². The fraction of sp³-hybridized carbons (Fsp3) is 0.588. The quantitative estimate of drug-likeness (QED) is 0.870. The number of imidazole rings is 1. The predicted molar refractivity (Wildman–Crippen MR) is 86.0 cm³/mol. The molecule has 4 nitrogen and oxygen atoms in total. The van der Waals surface area contributed by atoms with E-state index in [0.717, 1.165) is 36.6 Å². The van der Waals surface area contributed by atoms with Gasteiger partial charge in [0.15, 0.2) is 0 Å². The third-order valence-electron chi connectivity index (χ3n) is 5.55. The minimum absolute atomic E-state index is 0.690. The van der Waals surface area contributed by atoms with E-state index in [2.05, 4.69) is 52.9 Å². The highest BCUT2D eigenvalue weighted by molar-refractivity contribution is 5.78. The van der Waals surface area contributed by atoms with Crippen molar-refractivity contribution in [2.45, 2.75) is 45.8 Å². The minimum Gasteiger partial charge on any atom is -0.343 e. The van der Waals surface area contributed by atoms with Gasteiger partial charge in [0.1, 0.15) is 0 Å². The van der Waals surface area contributed by atoms with Crippen LogP contribution in [0.25, 0.3) is 11.0 Å². The van der Waals surface area contributed by atoms with Gasteiger partial charge >= 0.3 is 0 Å². The van der Waals surface area contributed by atoms with Crippen molar-refractivity contribution < 1.29 is 0 Å². The first-order valence-corrected chi connectivity index (χ1v) is 8.17. The largest absolute Gasteiger partial charge is 0.343 e. The zero-order valence-electron chi connectivity index (χ0n) is 12.9. The van der Waals surface area contributed by atoms with Crippen LogP contribution in [0.1, 0.15) is 33.1 Å². The summed E-state index contributed by atoms with van der Waals surface area (Å²) in [4.78, 5) is 7.29. The fourth-order valence-electron chi connectivity index (χ4n) is 4.05. The fourth-order valence-corrected chi connectivity index (χ4v) is 4.05. The van der Waals surface area contributed by atoms with Crippen LogP contribution >= 0.6 is 0 Å². The molecule has 0 unspecified atom stereocenters. The SMILES string of the molecule is C[C@H]1[C@H](C)CCC[C@@H]1N1CNc2nc3ccccc3n2C1. The summed E-state index contributed by atoms with van der Waals surface area (Å²) in [6.07, 6.45) is 4.08. The van der Waals surface area contributed by atoms with Gasteiger partial charge < -0.3 is 5.32 Å². The summed E-state index contributed by atoms with van der Waals surface area (Å²) in [7, 11) is 0. The van der Waals surface area contributed by atoms with Gasteiger partial charge in [-0.3, -0.25) is 9.47 Å². The Labute approximate surface area is 126 Å². The highest BCUT2D eigenvalue weighted by Crippen LogP contribution is 2.34. The van der Waals surface area contributed by atoms with Gasteiger partial charge in [-0.2, -0.15) is 0 Å². The molecule has 1 fully saturated rings. The highest BCUT2D eigenvalue weighted by Gasteiger charge is 2.33. The summed E-state index contributed by atoms with van der Waals surface area (Å²) in [5, 5.41) is 3.51. The lowest BCUT2D eigenvalue weighted by molar-refractivity contribution is 0.0584. The molecule has 2 heterocycles. The summed E-state index contributed by atoms with van der Waals surface area (Å²) < 4.78 is 2.32. The standard InChI is InChI=1S/C17H24N4/c1-12-6-5-9-15(13(12)2)20-10-18-17-19-14-7-3-4-8-16(14)21(17)11-20/h3-4,7-8,12-13,15H,5-6,9-11H2,1-2H3,(H,18,19)/t12-,13+,15+/m1/s1. The normalized spacial score (nSPS) is 30.1. The molecule has 2 aliphatic rings. The topological polar surface area (TPSA) is 33.1 Å². The van der Waals surface area contributed by atoms with Crippen molar-refractivity contribution in [3.8, 4) is 0 Å². The lowest BCUT2D eigenvalue weighted by Gasteiger charge is -2.43. The number of hydrogen-bond acceptors (Lipinski definition) is 3. The molecule has 2 aromatic rings. The van der Waals surface area contributed by atoms with E-state index in [1.165, 1.54) is 24.8 Å². The highest BCUT2D eigenvalue weighted by atomic mass is 15.4. The van der Waals surface area contributed by atoms with Gasteiger partial charge in [-0.05, 0) is 30.4 Å². The lowest BCUT2D eigenvalue weighted by Crippen LogP contribution is -2.49. The number of nitrogens with one attached hydrogen (secondary N) is 1. The van der Waals surface area contributed by atoms with Crippen LogP contribution in [0.2, 0.25) is 0 Å². The van der Waals surface area contributed by atoms with Gasteiger partial charge in [-0.25, -0.2) is 4.98 Å². The van der Waals surface area contributed by atoms with E-state index in [-0.39, 0.29) is 0 Å². The monoisotopic (exact) mass is 284 g/mol. The first kappa shape index (κ1) is 13.1. The van der Waals surface area contributed by atoms with E-state index < -0.39 is 0 Å². The molecule has 4 rings (SSSR count). The van der Waals surface area contributed by atoms with E-state index in [1.54, 1.807) is 0 Å². The van der Waals surface area contributed by atoms with E-state index in [9.17, 15) is 0 Å². The van der Waals surface area contributed by atoms with Crippen LogP contribution in [-0.4, -0.2) is 27.2 Å². The molecular formula is C17H24N4. The molecule has 1 N–H and O–H groups in total. The Hall–Kier alpha value is -1.55. The molecule has 1 saturated carbocycles. The first-order chi connectivity index (χ1) is 10.2. The Bertz CT molecular complexity index is 647. The number of aromatic nitrogens is 2. The minimum atomic E-state index is 0.690. The molecule has 0 spiro atoms. The molecule has 21 heavy (non-hydrogen) atoms. The maximum Gasteiger partial charge on any atom is 0.206 e. The Morgan fingerprint density at radius 3 is 2.95 bits per heavy atom. The van der Waals surface area contributed by atoms with Crippen LogP contribution < -0.4 is 5.32 Å². The third-order valence-corrected chi connectivity index (χ3v) is 5.55. The van der Waals surface area contributed by atoms with Gasteiger partial charge in [-0.15, -0.1) is 0 Å². The number of hydrogen-bond donors (Lipinski definition) is 1. The Kier molecular flexibility index (Phi) is 3.14. The zero-order valence-corrected chi connectivity index (χ0v) is 12.9. The molecule has 1 aliphatic carbocycles. The van der Waals surface area contributed by atoms with Crippen molar-refractivity contribution in [3.63, 3.8) is 0 Å². The molecule has 0 saturated heterocycles. The average molecular weight is 284 g/mol. The molecule has 1 aliphatic heterocycles. The number of anilines is 1. The number of nitrogens with zero attached hydrogens (tertiary/aromatic N) is 3. The molecular weight excluding hydrogens is 260 g/mol. The van der Waals surface area contributed by atoms with Crippen molar-refractivity contribution in [3.05, 3.63) is 24.3 Å². The molecule has 0 amide bonds. The number of para-hydroxylation sites is 2. The lowest BCUT2D eigenvalue weighted by atomic mass is 9.77. The maximum absolute atomic E-state index is 4.69. The van der Waals surface area contributed by atoms with E-state index >= 15 is 0 Å². The van der Waals surface area contributed by atoms with Crippen LogP contribution in [0.5, 0.6) is 0 Å². The smallest absolute Gasteiger partial charge is 0.206 e. The Balaban J connectivity index is 1.64. The van der Waals surface area contributed by atoms with Crippen LogP contribution in [0, 0.1) is 11.8 Å². The molecule has 0 bridgehead atoms. The van der Waals surface area contributed by atoms with Crippen LogP contribution in [0.15, 0.2) is 24.3 Å². The molecule has 3 atom stereocenters. The van der Waals surface area contributed by atoms with Gasteiger partial charge in [0.05, 0.1) is 24.4 Å². The molecule has 4 heteroatoms. The molecule has 1 aromatic carbocycles. The molecule has 0 radical (unpaired) electrons. The van der Waals surface area contributed by atoms with Crippen LogP contribution in [0.3, 0.4) is 0 Å². The zero-order chi connectivity index (χ0) is 14.4. The number of rotatable bonds is 1. The van der Waals surface area contributed by atoms with Crippen molar-refractivity contribution >= 4 is 17.0 Å². The molecule has 112 valence electrons. The van der Waals surface area contributed by atoms with Crippen molar-refractivity contribution in [1.29, 1.82) is 0 Å². The predicted octanol–water partition coefficient (Wildman–Crippen LogP) is 3.50. The summed E-state index contributed by atoms with van der Waals surface area (Å²) >= 11 is 0. The third kappa shape index (κ3) is 2.13. The van der Waals surface area contributed by atoms with Gasteiger partial charge in [0.2, 0.25) is 5.95 Å². The van der Waals surface area contributed by atoms with Crippen LogP contribution in [-0.2, 0) is 6.67 Å². The summed E-state index contributed by atoms with van der Waals surface area (Å²) in [6, 6.07) is 9.11. The van der Waals surface area contributed by atoms with Gasteiger partial charge in [-0.1, -0.05) is 38.8 Å². The second kappa shape index (κ2) is 5.02. The Morgan fingerprint density at radius 2 is 2.05 bits per heavy atom.